The molecule has 0 aromatic rings. The van der Waals surface area contributed by atoms with Crippen molar-refractivity contribution in [3.63, 3.8) is 0 Å². The zero-order chi connectivity index (χ0) is 10.6. The highest BCUT2D eigenvalue weighted by molar-refractivity contribution is 7.87. The van der Waals surface area contributed by atoms with Gasteiger partial charge in [-0.3, -0.25) is 0 Å². The van der Waals surface area contributed by atoms with Crippen molar-refractivity contribution in [1.82, 2.24) is 9.44 Å². The van der Waals surface area contributed by atoms with Gasteiger partial charge >= 0.3 is 0 Å². The van der Waals surface area contributed by atoms with Gasteiger partial charge in [0, 0.05) is 12.1 Å². The molecule has 0 saturated heterocycles. The summed E-state index contributed by atoms with van der Waals surface area (Å²) in [5.74, 6) is 0. The zero-order valence-corrected chi connectivity index (χ0v) is 9.73. The third kappa shape index (κ3) is 4.39. The molecule has 1 saturated carbocycles. The maximum absolute atomic E-state index is 11.5. The van der Waals surface area contributed by atoms with E-state index in [-0.39, 0.29) is 12.1 Å². The highest BCUT2D eigenvalue weighted by Gasteiger charge is 2.20. The molecular weight excluding hydrogens is 200 g/mol. The maximum Gasteiger partial charge on any atom is 0.277 e. The minimum absolute atomic E-state index is 0.0453. The van der Waals surface area contributed by atoms with Crippen LogP contribution in [-0.2, 0) is 10.2 Å². The first kappa shape index (κ1) is 11.9. The van der Waals surface area contributed by atoms with Gasteiger partial charge in [0.25, 0.3) is 10.2 Å². The monoisotopic (exact) mass is 220 g/mol. The van der Waals surface area contributed by atoms with Gasteiger partial charge in [0.2, 0.25) is 0 Å². The van der Waals surface area contributed by atoms with Gasteiger partial charge in [-0.25, -0.2) is 0 Å². The first-order valence-corrected chi connectivity index (χ1v) is 6.77. The molecular formula is C9H20N2O2S. The summed E-state index contributed by atoms with van der Waals surface area (Å²) in [6.45, 7) is 3.64. The largest absolute Gasteiger partial charge is 0.277 e. The quantitative estimate of drug-likeness (QED) is 0.746. The van der Waals surface area contributed by atoms with Crippen molar-refractivity contribution in [1.29, 1.82) is 0 Å². The number of hydrogen-bond acceptors (Lipinski definition) is 2. The topological polar surface area (TPSA) is 58.2 Å². The Balaban J connectivity index is 2.41. The maximum atomic E-state index is 11.5. The van der Waals surface area contributed by atoms with E-state index in [0.717, 1.165) is 25.7 Å². The second kappa shape index (κ2) is 5.09. The fraction of sp³-hybridized carbons (Fsp3) is 1.00. The fourth-order valence-corrected chi connectivity index (χ4v) is 3.15. The Hall–Kier alpha value is -0.130. The van der Waals surface area contributed by atoms with E-state index in [9.17, 15) is 8.42 Å². The number of rotatable bonds is 4. The highest BCUT2D eigenvalue weighted by atomic mass is 32.2. The van der Waals surface area contributed by atoms with Gasteiger partial charge in [0.05, 0.1) is 0 Å². The Morgan fingerprint density at radius 3 is 2.21 bits per heavy atom. The van der Waals surface area contributed by atoms with Crippen molar-refractivity contribution in [2.75, 3.05) is 0 Å². The minimum Gasteiger partial charge on any atom is -0.200 e. The van der Waals surface area contributed by atoms with Crippen LogP contribution >= 0.6 is 0 Å². The van der Waals surface area contributed by atoms with Crippen molar-refractivity contribution < 1.29 is 8.42 Å². The summed E-state index contributed by atoms with van der Waals surface area (Å²) in [5.41, 5.74) is 0. The fourth-order valence-electron chi connectivity index (χ4n) is 1.78. The van der Waals surface area contributed by atoms with Crippen LogP contribution in [-0.4, -0.2) is 20.5 Å². The molecule has 84 valence electrons. The van der Waals surface area contributed by atoms with Crippen LogP contribution in [0, 0.1) is 0 Å². The van der Waals surface area contributed by atoms with E-state index >= 15 is 0 Å². The molecule has 1 fully saturated rings. The van der Waals surface area contributed by atoms with Crippen LogP contribution in [0.1, 0.15) is 46.0 Å². The summed E-state index contributed by atoms with van der Waals surface area (Å²) in [7, 11) is -3.28. The third-order valence-electron chi connectivity index (χ3n) is 2.32. The molecule has 0 aliphatic heterocycles. The zero-order valence-electron chi connectivity index (χ0n) is 8.91. The smallest absolute Gasteiger partial charge is 0.200 e. The van der Waals surface area contributed by atoms with Crippen LogP contribution in [0.25, 0.3) is 0 Å². The van der Waals surface area contributed by atoms with Gasteiger partial charge < -0.3 is 0 Å². The standard InChI is InChI=1S/C9H20N2O2S/c1-8(2)10-14(12,13)11-9-6-4-3-5-7-9/h8-11H,3-7H2,1-2H3. The van der Waals surface area contributed by atoms with Crippen molar-refractivity contribution in [2.24, 2.45) is 0 Å². The molecule has 0 heterocycles. The Morgan fingerprint density at radius 2 is 1.71 bits per heavy atom. The Bertz CT molecular complexity index is 256. The van der Waals surface area contributed by atoms with Gasteiger partial charge in [0.1, 0.15) is 0 Å². The van der Waals surface area contributed by atoms with Crippen LogP contribution in [0.3, 0.4) is 0 Å². The molecule has 2 N–H and O–H groups in total. The second-order valence-electron chi connectivity index (χ2n) is 4.23. The molecule has 5 heteroatoms. The van der Waals surface area contributed by atoms with Gasteiger partial charge in [-0.05, 0) is 26.7 Å². The lowest BCUT2D eigenvalue weighted by molar-refractivity contribution is 0.409. The average molecular weight is 220 g/mol. The van der Waals surface area contributed by atoms with E-state index in [2.05, 4.69) is 9.44 Å². The SMILES string of the molecule is CC(C)NS(=O)(=O)NC1CCCCC1. The van der Waals surface area contributed by atoms with E-state index in [0.29, 0.717) is 0 Å². The predicted octanol–water partition coefficient (Wildman–Crippen LogP) is 1.15. The van der Waals surface area contributed by atoms with Gasteiger partial charge in [-0.1, -0.05) is 19.3 Å². The summed E-state index contributed by atoms with van der Waals surface area (Å²) >= 11 is 0. The lowest BCUT2D eigenvalue weighted by atomic mass is 9.96. The Kier molecular flexibility index (Phi) is 4.34. The lowest BCUT2D eigenvalue weighted by Gasteiger charge is -2.23. The summed E-state index contributed by atoms with van der Waals surface area (Å²) in [6.07, 6.45) is 5.44. The summed E-state index contributed by atoms with van der Waals surface area (Å²) in [4.78, 5) is 0. The highest BCUT2D eigenvalue weighted by Crippen LogP contribution is 2.17. The number of hydrogen-bond donors (Lipinski definition) is 2. The van der Waals surface area contributed by atoms with E-state index < -0.39 is 10.2 Å². The normalized spacial score (nSPS) is 20.2. The van der Waals surface area contributed by atoms with Gasteiger partial charge in [-0.15, -0.1) is 0 Å². The lowest BCUT2D eigenvalue weighted by Crippen LogP contribution is -2.45. The second-order valence-corrected chi connectivity index (χ2v) is 5.71. The van der Waals surface area contributed by atoms with Crippen LogP contribution < -0.4 is 9.44 Å². The molecule has 0 radical (unpaired) electrons. The van der Waals surface area contributed by atoms with Crippen molar-refractivity contribution in [3.8, 4) is 0 Å². The Labute approximate surface area is 86.6 Å². The van der Waals surface area contributed by atoms with Crippen molar-refractivity contribution >= 4 is 10.2 Å². The molecule has 1 rings (SSSR count). The molecule has 14 heavy (non-hydrogen) atoms. The van der Waals surface area contributed by atoms with Gasteiger partial charge in [0.15, 0.2) is 0 Å². The first-order valence-electron chi connectivity index (χ1n) is 5.29. The molecule has 0 atom stereocenters. The molecule has 1 aliphatic carbocycles. The molecule has 1 aliphatic rings. The third-order valence-corrected chi connectivity index (χ3v) is 3.74. The van der Waals surface area contributed by atoms with E-state index in [1.54, 1.807) is 0 Å². The molecule has 0 unspecified atom stereocenters. The van der Waals surface area contributed by atoms with Crippen LogP contribution in [0.2, 0.25) is 0 Å². The van der Waals surface area contributed by atoms with Crippen molar-refractivity contribution in [3.05, 3.63) is 0 Å². The first-order chi connectivity index (χ1) is 6.49. The summed E-state index contributed by atoms with van der Waals surface area (Å²) in [6, 6.07) is 0.0936. The molecule has 0 amide bonds. The van der Waals surface area contributed by atoms with Crippen molar-refractivity contribution in [2.45, 2.75) is 58.0 Å². The molecule has 0 aromatic heterocycles. The summed E-state index contributed by atoms with van der Waals surface area (Å²) < 4.78 is 28.2. The van der Waals surface area contributed by atoms with E-state index in [4.69, 9.17) is 0 Å². The van der Waals surface area contributed by atoms with Crippen LogP contribution in [0.5, 0.6) is 0 Å². The van der Waals surface area contributed by atoms with E-state index in [1.165, 1.54) is 6.42 Å². The van der Waals surface area contributed by atoms with Crippen LogP contribution in [0.4, 0.5) is 0 Å². The Morgan fingerprint density at radius 1 is 1.14 bits per heavy atom. The molecule has 0 aromatic carbocycles. The molecule has 4 nitrogen and oxygen atoms in total. The van der Waals surface area contributed by atoms with Crippen LogP contribution in [0.15, 0.2) is 0 Å². The molecule has 0 spiro atoms. The van der Waals surface area contributed by atoms with Gasteiger partial charge in [-0.2, -0.15) is 17.9 Å². The summed E-state index contributed by atoms with van der Waals surface area (Å²) in [5, 5.41) is 0. The average Bonchev–Trinajstić information content (AvgIpc) is 2.02. The predicted molar refractivity (Wildman–Crippen MR) is 57.2 cm³/mol. The molecule has 0 bridgehead atoms. The minimum atomic E-state index is -3.28. The number of nitrogens with one attached hydrogen (secondary N) is 2. The van der Waals surface area contributed by atoms with E-state index in [1.807, 2.05) is 13.8 Å².